The van der Waals surface area contributed by atoms with Gasteiger partial charge in [0.05, 0.1) is 6.20 Å². The highest BCUT2D eigenvalue weighted by Gasteiger charge is 2.23. The summed E-state index contributed by atoms with van der Waals surface area (Å²) in [6, 6.07) is 10.3. The van der Waals surface area contributed by atoms with Crippen LogP contribution in [-0.2, 0) is 18.4 Å². The molecule has 2 aromatic rings. The maximum absolute atomic E-state index is 12.5. The second-order valence-electron chi connectivity index (χ2n) is 7.12. The van der Waals surface area contributed by atoms with Crippen molar-refractivity contribution in [1.29, 1.82) is 0 Å². The maximum Gasteiger partial charge on any atom is 0.241 e. The first-order valence-corrected chi connectivity index (χ1v) is 9.35. The number of carbonyl (C=O) groups is 1. The van der Waals surface area contributed by atoms with Gasteiger partial charge in [-0.05, 0) is 44.5 Å². The monoisotopic (exact) mass is 355 g/mol. The number of rotatable bonds is 7. The maximum atomic E-state index is 12.5. The van der Waals surface area contributed by atoms with Crippen molar-refractivity contribution in [1.82, 2.24) is 25.3 Å². The lowest BCUT2D eigenvalue weighted by Gasteiger charge is -2.32. The van der Waals surface area contributed by atoms with Crippen LogP contribution in [0.15, 0.2) is 42.7 Å². The summed E-state index contributed by atoms with van der Waals surface area (Å²) in [4.78, 5) is 15.0. The summed E-state index contributed by atoms with van der Waals surface area (Å²) in [5.41, 5.74) is 2.26. The van der Waals surface area contributed by atoms with E-state index in [0.717, 1.165) is 44.6 Å². The van der Waals surface area contributed by atoms with Gasteiger partial charge in [-0.15, -0.1) is 0 Å². The Bertz CT molecular complexity index is 691. The van der Waals surface area contributed by atoms with Crippen molar-refractivity contribution >= 4 is 5.91 Å². The molecule has 6 heteroatoms. The average Bonchev–Trinajstić information content (AvgIpc) is 3.08. The fourth-order valence-electron chi connectivity index (χ4n) is 3.58. The molecular weight excluding hydrogens is 326 g/mol. The Labute approximate surface area is 155 Å². The summed E-state index contributed by atoms with van der Waals surface area (Å²) < 4.78 is 1.72. The summed E-state index contributed by atoms with van der Waals surface area (Å²) in [5.74, 6) is 0.574. The van der Waals surface area contributed by atoms with Gasteiger partial charge < -0.3 is 10.6 Å². The van der Waals surface area contributed by atoms with Crippen LogP contribution in [0.5, 0.6) is 0 Å². The van der Waals surface area contributed by atoms with Crippen LogP contribution in [0.2, 0.25) is 0 Å². The quantitative estimate of drug-likeness (QED) is 0.794. The van der Waals surface area contributed by atoms with E-state index in [4.69, 9.17) is 0 Å². The molecule has 1 aliphatic rings. The Morgan fingerprint density at radius 3 is 2.62 bits per heavy atom. The number of carbonyl (C=O) groups excluding carboxylic acids is 1. The Morgan fingerprint density at radius 1 is 1.27 bits per heavy atom. The van der Waals surface area contributed by atoms with Crippen LogP contribution in [0.1, 0.15) is 30.0 Å². The van der Waals surface area contributed by atoms with Crippen LogP contribution in [0.3, 0.4) is 0 Å². The third-order valence-electron chi connectivity index (χ3n) is 5.13. The van der Waals surface area contributed by atoms with E-state index in [1.807, 2.05) is 13.2 Å². The number of aromatic nitrogens is 2. The molecule has 140 valence electrons. The molecule has 26 heavy (non-hydrogen) atoms. The standard InChI is InChI=1S/C20H29N5O/c1-21-19(18-13-23-24(2)15-18)20(26)22-12-16-8-10-25(11-9-16)14-17-6-4-3-5-7-17/h3-7,13,15-16,19,21H,8-12,14H2,1-2H3,(H,22,26). The molecule has 1 amide bonds. The number of nitrogens with zero attached hydrogens (tertiary/aromatic N) is 3. The highest BCUT2D eigenvalue weighted by molar-refractivity contribution is 5.83. The van der Waals surface area contributed by atoms with Crippen LogP contribution in [0.4, 0.5) is 0 Å². The molecule has 1 saturated heterocycles. The molecular formula is C20H29N5O. The molecule has 1 aromatic carbocycles. The molecule has 1 aliphatic heterocycles. The minimum atomic E-state index is -0.345. The molecule has 2 heterocycles. The molecule has 0 bridgehead atoms. The van der Waals surface area contributed by atoms with Gasteiger partial charge in [-0.1, -0.05) is 30.3 Å². The number of likely N-dealkylation sites (N-methyl/N-ethyl adjacent to an activating group) is 1. The molecule has 2 N–H and O–H groups in total. The van der Waals surface area contributed by atoms with Crippen LogP contribution >= 0.6 is 0 Å². The lowest BCUT2D eigenvalue weighted by Crippen LogP contribution is -2.41. The zero-order chi connectivity index (χ0) is 18.4. The third kappa shape index (κ3) is 4.93. The molecule has 1 unspecified atom stereocenters. The lowest BCUT2D eigenvalue weighted by molar-refractivity contribution is -0.123. The second kappa shape index (κ2) is 8.96. The van der Waals surface area contributed by atoms with Crippen molar-refractivity contribution in [3.63, 3.8) is 0 Å². The molecule has 6 nitrogen and oxygen atoms in total. The van der Waals surface area contributed by atoms with Crippen LogP contribution < -0.4 is 10.6 Å². The summed E-state index contributed by atoms with van der Waals surface area (Å²) in [5, 5.41) is 10.4. The first-order chi connectivity index (χ1) is 12.7. The Hall–Kier alpha value is -2.18. The molecule has 0 spiro atoms. The van der Waals surface area contributed by atoms with E-state index in [0.29, 0.717) is 5.92 Å². The summed E-state index contributed by atoms with van der Waals surface area (Å²) in [7, 11) is 3.66. The van der Waals surface area contributed by atoms with Crippen molar-refractivity contribution < 1.29 is 4.79 Å². The number of hydrogen-bond donors (Lipinski definition) is 2. The topological polar surface area (TPSA) is 62.2 Å². The number of piperidine rings is 1. The van der Waals surface area contributed by atoms with Gasteiger partial charge in [0.2, 0.25) is 5.91 Å². The van der Waals surface area contributed by atoms with E-state index in [2.05, 4.69) is 51.0 Å². The number of aryl methyl sites for hydroxylation is 1. The van der Waals surface area contributed by atoms with E-state index in [9.17, 15) is 4.79 Å². The summed E-state index contributed by atoms with van der Waals surface area (Å²) in [6.07, 6.45) is 5.88. The molecule has 0 radical (unpaired) electrons. The van der Waals surface area contributed by atoms with Gasteiger partial charge in [0.1, 0.15) is 6.04 Å². The molecule has 0 saturated carbocycles. The van der Waals surface area contributed by atoms with Crippen molar-refractivity contribution in [3.8, 4) is 0 Å². The smallest absolute Gasteiger partial charge is 0.241 e. The molecule has 1 fully saturated rings. The summed E-state index contributed by atoms with van der Waals surface area (Å²) >= 11 is 0. The number of hydrogen-bond acceptors (Lipinski definition) is 4. The number of nitrogens with one attached hydrogen (secondary N) is 2. The molecule has 0 aliphatic carbocycles. The van der Waals surface area contributed by atoms with Crippen molar-refractivity contribution in [2.24, 2.45) is 13.0 Å². The van der Waals surface area contributed by atoms with Gasteiger partial charge in [0, 0.05) is 31.9 Å². The lowest BCUT2D eigenvalue weighted by atomic mass is 9.96. The zero-order valence-electron chi connectivity index (χ0n) is 15.7. The molecule has 1 aromatic heterocycles. The first kappa shape index (κ1) is 18.6. The van der Waals surface area contributed by atoms with Crippen LogP contribution in [0, 0.1) is 5.92 Å². The van der Waals surface area contributed by atoms with Gasteiger partial charge in [-0.25, -0.2) is 0 Å². The van der Waals surface area contributed by atoms with E-state index >= 15 is 0 Å². The largest absolute Gasteiger partial charge is 0.354 e. The normalized spacial score (nSPS) is 17.2. The predicted octanol–water partition coefficient (Wildman–Crippen LogP) is 1.71. The van der Waals surface area contributed by atoms with Gasteiger partial charge >= 0.3 is 0 Å². The zero-order valence-corrected chi connectivity index (χ0v) is 15.7. The van der Waals surface area contributed by atoms with Crippen molar-refractivity contribution in [3.05, 3.63) is 53.9 Å². The highest BCUT2D eigenvalue weighted by atomic mass is 16.2. The second-order valence-corrected chi connectivity index (χ2v) is 7.12. The van der Waals surface area contributed by atoms with E-state index in [1.54, 1.807) is 17.9 Å². The minimum Gasteiger partial charge on any atom is -0.354 e. The SMILES string of the molecule is CNC(C(=O)NCC1CCN(Cc2ccccc2)CC1)c1cnn(C)c1. The average molecular weight is 355 g/mol. The predicted molar refractivity (Wildman–Crippen MR) is 102 cm³/mol. The van der Waals surface area contributed by atoms with Gasteiger partial charge in [0.15, 0.2) is 0 Å². The minimum absolute atomic E-state index is 0.0206. The number of likely N-dealkylation sites (tertiary alicyclic amines) is 1. The number of benzene rings is 1. The van der Waals surface area contributed by atoms with Crippen LogP contribution in [-0.4, -0.2) is 47.3 Å². The Kier molecular flexibility index (Phi) is 6.41. The Morgan fingerprint density at radius 2 is 2.00 bits per heavy atom. The van der Waals surface area contributed by atoms with Crippen LogP contribution in [0.25, 0.3) is 0 Å². The first-order valence-electron chi connectivity index (χ1n) is 9.35. The Balaban J connectivity index is 1.42. The molecule has 3 rings (SSSR count). The fraction of sp³-hybridized carbons (Fsp3) is 0.500. The van der Waals surface area contributed by atoms with Crippen molar-refractivity contribution in [2.45, 2.75) is 25.4 Å². The van der Waals surface area contributed by atoms with Gasteiger partial charge in [-0.2, -0.15) is 5.10 Å². The van der Waals surface area contributed by atoms with E-state index in [-0.39, 0.29) is 11.9 Å². The van der Waals surface area contributed by atoms with Gasteiger partial charge in [-0.3, -0.25) is 14.4 Å². The van der Waals surface area contributed by atoms with E-state index < -0.39 is 0 Å². The number of amides is 1. The highest BCUT2D eigenvalue weighted by Crippen LogP contribution is 2.19. The summed E-state index contributed by atoms with van der Waals surface area (Å²) in [6.45, 7) is 3.94. The third-order valence-corrected chi connectivity index (χ3v) is 5.13. The van der Waals surface area contributed by atoms with Crippen molar-refractivity contribution in [2.75, 3.05) is 26.7 Å². The van der Waals surface area contributed by atoms with E-state index in [1.165, 1.54) is 5.56 Å². The van der Waals surface area contributed by atoms with Gasteiger partial charge in [0.25, 0.3) is 0 Å². The fourth-order valence-corrected chi connectivity index (χ4v) is 3.58. The molecule has 1 atom stereocenters.